The average Bonchev–Trinajstić information content (AvgIpc) is 2.86. The van der Waals surface area contributed by atoms with Crippen molar-refractivity contribution in [2.45, 2.75) is 19.9 Å². The van der Waals surface area contributed by atoms with Crippen LogP contribution in [0.4, 0.5) is 10.6 Å². The minimum absolute atomic E-state index is 0.00267. The molecule has 0 aliphatic heterocycles. The van der Waals surface area contributed by atoms with Gasteiger partial charge in [-0.1, -0.05) is 23.2 Å². The Hall–Kier alpha value is -2.45. The van der Waals surface area contributed by atoms with Gasteiger partial charge in [0.2, 0.25) is 0 Å². The molecule has 0 fully saturated rings. The van der Waals surface area contributed by atoms with Crippen molar-refractivity contribution in [1.82, 2.24) is 4.98 Å². The van der Waals surface area contributed by atoms with Crippen LogP contribution in [0.5, 0.6) is 5.75 Å². The molecule has 0 aromatic carbocycles. The second kappa shape index (κ2) is 8.09. The number of aromatic nitrogens is 1. The van der Waals surface area contributed by atoms with Gasteiger partial charge in [0.25, 0.3) is 0 Å². The molecule has 2 rings (SSSR count). The maximum Gasteiger partial charge on any atom is 0.513 e. The quantitative estimate of drug-likeness (QED) is 0.712. The number of carbonyl (C=O) groups excluding carboxylic acids is 1. The van der Waals surface area contributed by atoms with Gasteiger partial charge in [-0.05, 0) is 19.9 Å². The molecule has 2 aromatic rings. The first kappa shape index (κ1) is 18.9. The Balaban J connectivity index is 2.25. The molecule has 10 heteroatoms. The van der Waals surface area contributed by atoms with E-state index in [1.807, 2.05) is 0 Å². The monoisotopic (exact) mass is 388 g/mol. The number of nitrogens with one attached hydrogen (secondary N) is 1. The van der Waals surface area contributed by atoms with Crippen LogP contribution in [-0.2, 0) is 9.53 Å². The molecule has 1 atom stereocenters. The highest BCUT2D eigenvalue weighted by molar-refractivity contribution is 6.36. The molecule has 0 aliphatic carbocycles. The number of carboxylic acid groups (broad SMARTS) is 1. The molecule has 1 unspecified atom stereocenters. The van der Waals surface area contributed by atoms with Crippen LogP contribution in [0.2, 0.25) is 10.0 Å². The van der Waals surface area contributed by atoms with Gasteiger partial charge < -0.3 is 24.3 Å². The standard InChI is InChI=1S/C15H14Cl2N2O6/c1-3-23-15(22)25-10-5-11(24-7(10)2)12(14(20)21)19-13-9(17)4-8(16)6-18-13/h4-6,12H,3H2,1-2H3,(H,18,19)(H,20,21). The van der Waals surface area contributed by atoms with Gasteiger partial charge >= 0.3 is 12.1 Å². The Morgan fingerprint density at radius 1 is 1.40 bits per heavy atom. The van der Waals surface area contributed by atoms with Crippen LogP contribution in [0.25, 0.3) is 0 Å². The van der Waals surface area contributed by atoms with Crippen LogP contribution < -0.4 is 10.1 Å². The number of nitrogens with zero attached hydrogens (tertiary/aromatic N) is 1. The number of halogens is 2. The van der Waals surface area contributed by atoms with Gasteiger partial charge in [0, 0.05) is 12.3 Å². The van der Waals surface area contributed by atoms with Crippen molar-refractivity contribution in [2.75, 3.05) is 11.9 Å². The van der Waals surface area contributed by atoms with Gasteiger partial charge in [0.05, 0.1) is 16.7 Å². The van der Waals surface area contributed by atoms with Crippen molar-refractivity contribution in [3.05, 3.63) is 39.9 Å². The summed E-state index contributed by atoms with van der Waals surface area (Å²) in [4.78, 5) is 26.9. The summed E-state index contributed by atoms with van der Waals surface area (Å²) in [5, 5.41) is 12.5. The van der Waals surface area contributed by atoms with E-state index in [2.05, 4.69) is 15.0 Å². The largest absolute Gasteiger partial charge is 0.513 e. The SMILES string of the molecule is CCOC(=O)Oc1cc(C(Nc2ncc(Cl)cc2Cl)C(=O)O)oc1C. The fraction of sp³-hybridized carbons (Fsp3) is 0.267. The van der Waals surface area contributed by atoms with Crippen molar-refractivity contribution in [1.29, 1.82) is 0 Å². The van der Waals surface area contributed by atoms with Gasteiger partial charge in [0.1, 0.15) is 17.3 Å². The molecule has 2 N–H and O–H groups in total. The second-order valence-electron chi connectivity index (χ2n) is 4.75. The van der Waals surface area contributed by atoms with Crippen LogP contribution >= 0.6 is 23.2 Å². The summed E-state index contributed by atoms with van der Waals surface area (Å²) in [7, 11) is 0. The zero-order valence-corrected chi connectivity index (χ0v) is 14.7. The summed E-state index contributed by atoms with van der Waals surface area (Å²) in [6, 6.07) is 1.38. The van der Waals surface area contributed by atoms with Gasteiger partial charge in [-0.15, -0.1) is 0 Å². The van der Waals surface area contributed by atoms with Crippen molar-refractivity contribution in [2.24, 2.45) is 0 Å². The first-order chi connectivity index (χ1) is 11.8. The van der Waals surface area contributed by atoms with E-state index in [4.69, 9.17) is 32.4 Å². The molecule has 0 saturated heterocycles. The number of anilines is 1. The number of pyridine rings is 1. The highest BCUT2D eigenvalue weighted by atomic mass is 35.5. The molecule has 0 bridgehead atoms. The third-order valence-corrected chi connectivity index (χ3v) is 3.46. The summed E-state index contributed by atoms with van der Waals surface area (Å²) >= 11 is 11.7. The van der Waals surface area contributed by atoms with Crippen LogP contribution in [0.15, 0.2) is 22.7 Å². The van der Waals surface area contributed by atoms with E-state index in [9.17, 15) is 14.7 Å². The van der Waals surface area contributed by atoms with Gasteiger partial charge in [-0.25, -0.2) is 14.6 Å². The molecular weight excluding hydrogens is 375 g/mol. The van der Waals surface area contributed by atoms with E-state index in [0.29, 0.717) is 5.02 Å². The fourth-order valence-corrected chi connectivity index (χ4v) is 2.31. The molecule has 0 amide bonds. The third-order valence-electron chi connectivity index (χ3n) is 2.97. The zero-order valence-electron chi connectivity index (χ0n) is 13.2. The maximum absolute atomic E-state index is 11.6. The number of hydrogen-bond acceptors (Lipinski definition) is 7. The molecule has 2 aromatic heterocycles. The van der Waals surface area contributed by atoms with Gasteiger partial charge in [0.15, 0.2) is 11.8 Å². The molecule has 25 heavy (non-hydrogen) atoms. The van der Waals surface area contributed by atoms with E-state index >= 15 is 0 Å². The molecule has 0 saturated carbocycles. The van der Waals surface area contributed by atoms with Gasteiger partial charge in [-0.3, -0.25) is 0 Å². The number of aryl methyl sites for hydroxylation is 1. The molecular formula is C15H14Cl2N2O6. The summed E-state index contributed by atoms with van der Waals surface area (Å²) in [5.41, 5.74) is 0. The fourth-order valence-electron chi connectivity index (χ4n) is 1.88. The van der Waals surface area contributed by atoms with E-state index in [1.165, 1.54) is 25.3 Å². The summed E-state index contributed by atoms with van der Waals surface area (Å²) in [6.45, 7) is 3.29. The molecule has 0 spiro atoms. The van der Waals surface area contributed by atoms with Crippen molar-refractivity contribution >= 4 is 41.1 Å². The minimum Gasteiger partial charge on any atom is -0.479 e. The molecule has 0 radical (unpaired) electrons. The molecule has 0 aliphatic rings. The number of aliphatic carboxylic acids is 1. The Labute approximate surface area is 152 Å². The van der Waals surface area contributed by atoms with Crippen LogP contribution in [-0.4, -0.2) is 28.8 Å². The number of furan rings is 1. The predicted octanol–water partition coefficient (Wildman–Crippen LogP) is 4.06. The van der Waals surface area contributed by atoms with E-state index in [1.54, 1.807) is 6.92 Å². The van der Waals surface area contributed by atoms with E-state index < -0.39 is 18.2 Å². The number of hydrogen-bond donors (Lipinski definition) is 2. The predicted molar refractivity (Wildman–Crippen MR) is 89.4 cm³/mol. The zero-order chi connectivity index (χ0) is 18.6. The van der Waals surface area contributed by atoms with Crippen molar-refractivity contribution < 1.29 is 28.6 Å². The first-order valence-corrected chi connectivity index (χ1v) is 7.82. The molecule has 8 nitrogen and oxygen atoms in total. The van der Waals surface area contributed by atoms with Crippen molar-refractivity contribution in [3.63, 3.8) is 0 Å². The summed E-state index contributed by atoms with van der Waals surface area (Å²) in [5.74, 6) is -0.871. The van der Waals surface area contributed by atoms with E-state index in [-0.39, 0.29) is 34.7 Å². The van der Waals surface area contributed by atoms with Crippen LogP contribution in [0.3, 0.4) is 0 Å². The lowest BCUT2D eigenvalue weighted by atomic mass is 10.2. The topological polar surface area (TPSA) is 111 Å². The lowest BCUT2D eigenvalue weighted by Crippen LogP contribution is -2.20. The van der Waals surface area contributed by atoms with Crippen LogP contribution in [0.1, 0.15) is 24.5 Å². The lowest BCUT2D eigenvalue weighted by molar-refractivity contribution is -0.138. The first-order valence-electron chi connectivity index (χ1n) is 7.07. The van der Waals surface area contributed by atoms with Crippen molar-refractivity contribution in [3.8, 4) is 5.75 Å². The number of carboxylic acids is 1. The minimum atomic E-state index is -1.32. The highest BCUT2D eigenvalue weighted by Crippen LogP contribution is 2.31. The highest BCUT2D eigenvalue weighted by Gasteiger charge is 2.27. The van der Waals surface area contributed by atoms with Gasteiger partial charge in [-0.2, -0.15) is 0 Å². The average molecular weight is 389 g/mol. The Bertz CT molecular complexity index is 792. The number of ether oxygens (including phenoxy) is 2. The van der Waals surface area contributed by atoms with Crippen LogP contribution in [0, 0.1) is 6.92 Å². The summed E-state index contributed by atoms with van der Waals surface area (Å²) in [6.07, 6.45) is 0.400. The normalized spacial score (nSPS) is 11.7. The lowest BCUT2D eigenvalue weighted by Gasteiger charge is -2.13. The second-order valence-corrected chi connectivity index (χ2v) is 5.60. The summed E-state index contributed by atoms with van der Waals surface area (Å²) < 4.78 is 15.0. The Kier molecular flexibility index (Phi) is 6.11. The molecule has 134 valence electrons. The Morgan fingerprint density at radius 3 is 2.72 bits per heavy atom. The maximum atomic E-state index is 11.6. The Morgan fingerprint density at radius 2 is 2.12 bits per heavy atom. The molecule has 2 heterocycles. The number of rotatable bonds is 6. The third kappa shape index (κ3) is 4.77. The smallest absolute Gasteiger partial charge is 0.479 e. The number of carbonyl (C=O) groups is 2. The van der Waals surface area contributed by atoms with E-state index in [0.717, 1.165) is 0 Å².